The van der Waals surface area contributed by atoms with E-state index in [9.17, 15) is 0 Å². The third-order valence-electron chi connectivity index (χ3n) is 2.23. The Bertz CT molecular complexity index is 142. The van der Waals surface area contributed by atoms with Gasteiger partial charge in [-0.3, -0.25) is 0 Å². The van der Waals surface area contributed by atoms with E-state index in [4.69, 9.17) is 15.2 Å². The highest BCUT2D eigenvalue weighted by Crippen LogP contribution is 2.16. The lowest BCUT2D eigenvalue weighted by Crippen LogP contribution is -2.45. The first kappa shape index (κ1) is 7.49. The number of hydrogen-bond donors (Lipinski definition) is 2. The molecule has 0 aliphatic carbocycles. The quantitative estimate of drug-likeness (QED) is 0.498. The van der Waals surface area contributed by atoms with Gasteiger partial charge in [-0.1, -0.05) is 0 Å². The lowest BCUT2D eigenvalue weighted by molar-refractivity contribution is -0.156. The van der Waals surface area contributed by atoms with Crippen molar-refractivity contribution in [2.24, 2.45) is 5.73 Å². The number of nitrogens with two attached hydrogens (primary N) is 1. The number of hydrogen-bond acceptors (Lipinski definition) is 4. The minimum Gasteiger partial charge on any atom is -0.371 e. The summed E-state index contributed by atoms with van der Waals surface area (Å²) >= 11 is 0. The van der Waals surface area contributed by atoms with Crippen molar-refractivity contribution < 1.29 is 9.47 Å². The van der Waals surface area contributed by atoms with E-state index in [1.165, 1.54) is 0 Å². The molecule has 4 heteroatoms. The van der Waals surface area contributed by atoms with Crippen LogP contribution in [0.1, 0.15) is 0 Å². The summed E-state index contributed by atoms with van der Waals surface area (Å²) in [4.78, 5) is 0. The van der Waals surface area contributed by atoms with Crippen molar-refractivity contribution in [2.75, 3.05) is 26.2 Å². The predicted octanol–water partition coefficient (Wildman–Crippen LogP) is -1.30. The number of ether oxygens (including phenoxy) is 2. The first-order valence-corrected chi connectivity index (χ1v) is 4.08. The van der Waals surface area contributed by atoms with Gasteiger partial charge in [0.1, 0.15) is 0 Å². The summed E-state index contributed by atoms with van der Waals surface area (Å²) < 4.78 is 11.2. The molecule has 3 N–H and O–H groups in total. The second kappa shape index (κ2) is 3.06. The second-order valence-electron chi connectivity index (χ2n) is 3.06. The first-order valence-electron chi connectivity index (χ1n) is 4.08. The molecule has 2 aliphatic rings. The van der Waals surface area contributed by atoms with Crippen LogP contribution in [-0.4, -0.2) is 44.6 Å². The molecular formula is C7H14N2O2. The van der Waals surface area contributed by atoms with Crippen LogP contribution in [0.15, 0.2) is 0 Å². The van der Waals surface area contributed by atoms with Gasteiger partial charge in [0.05, 0.1) is 24.9 Å². The van der Waals surface area contributed by atoms with Gasteiger partial charge in [-0.05, 0) is 0 Å². The van der Waals surface area contributed by atoms with Crippen molar-refractivity contribution in [1.82, 2.24) is 5.32 Å². The third-order valence-corrected chi connectivity index (χ3v) is 2.23. The lowest BCUT2D eigenvalue weighted by atomic mass is 10.2. The van der Waals surface area contributed by atoms with Crippen LogP contribution in [0.2, 0.25) is 0 Å². The smallest absolute Gasteiger partial charge is 0.0978 e. The molecule has 0 radical (unpaired) electrons. The maximum Gasteiger partial charge on any atom is 0.0978 e. The molecule has 2 fully saturated rings. The largest absolute Gasteiger partial charge is 0.371 e. The molecule has 0 spiro atoms. The Labute approximate surface area is 66.0 Å². The van der Waals surface area contributed by atoms with E-state index in [0.717, 1.165) is 13.1 Å². The summed E-state index contributed by atoms with van der Waals surface area (Å²) in [5.41, 5.74) is 5.46. The Kier molecular flexibility index (Phi) is 2.09. The molecule has 2 heterocycles. The molecule has 0 aromatic rings. The molecule has 2 rings (SSSR count). The van der Waals surface area contributed by atoms with Crippen LogP contribution < -0.4 is 11.1 Å². The van der Waals surface area contributed by atoms with Gasteiger partial charge in [0.15, 0.2) is 0 Å². The van der Waals surface area contributed by atoms with Crippen molar-refractivity contribution in [1.29, 1.82) is 0 Å². The maximum atomic E-state index is 5.65. The molecule has 2 saturated heterocycles. The fourth-order valence-corrected chi connectivity index (χ4v) is 1.57. The predicted molar refractivity (Wildman–Crippen MR) is 40.3 cm³/mol. The topological polar surface area (TPSA) is 56.5 Å². The zero-order chi connectivity index (χ0) is 7.68. The van der Waals surface area contributed by atoms with E-state index in [1.54, 1.807) is 0 Å². The molecular weight excluding hydrogens is 144 g/mol. The fourth-order valence-electron chi connectivity index (χ4n) is 1.57. The Morgan fingerprint density at radius 1 is 1.36 bits per heavy atom. The lowest BCUT2D eigenvalue weighted by Gasteiger charge is -2.31. The monoisotopic (exact) mass is 158 g/mol. The average Bonchev–Trinajstić information content (AvgIpc) is 2.50. The summed E-state index contributed by atoms with van der Waals surface area (Å²) in [6, 6.07) is 0. The number of fused-ring (bicyclic) bond motifs is 1. The molecule has 0 aromatic carbocycles. The van der Waals surface area contributed by atoms with Crippen LogP contribution in [-0.2, 0) is 9.47 Å². The van der Waals surface area contributed by atoms with Crippen molar-refractivity contribution in [3.05, 3.63) is 0 Å². The highest BCUT2D eigenvalue weighted by molar-refractivity contribution is 4.87. The van der Waals surface area contributed by atoms with Crippen LogP contribution in [0.25, 0.3) is 0 Å². The van der Waals surface area contributed by atoms with Crippen LogP contribution in [0, 0.1) is 0 Å². The summed E-state index contributed by atoms with van der Waals surface area (Å²) in [6.45, 7) is 3.03. The van der Waals surface area contributed by atoms with Gasteiger partial charge >= 0.3 is 0 Å². The zero-order valence-corrected chi connectivity index (χ0v) is 6.45. The summed E-state index contributed by atoms with van der Waals surface area (Å²) in [5, 5.41) is 3.22. The van der Waals surface area contributed by atoms with E-state index >= 15 is 0 Å². The Morgan fingerprint density at radius 2 is 2.18 bits per heavy atom. The summed E-state index contributed by atoms with van der Waals surface area (Å²) in [7, 11) is 0. The Morgan fingerprint density at radius 3 is 3.00 bits per heavy atom. The molecule has 3 atom stereocenters. The Balaban J connectivity index is 1.91. The van der Waals surface area contributed by atoms with E-state index in [2.05, 4.69) is 5.32 Å². The molecule has 64 valence electrons. The van der Waals surface area contributed by atoms with E-state index in [-0.39, 0.29) is 18.3 Å². The van der Waals surface area contributed by atoms with Crippen LogP contribution in [0.3, 0.4) is 0 Å². The van der Waals surface area contributed by atoms with Crippen LogP contribution in [0.5, 0.6) is 0 Å². The molecule has 2 aliphatic heterocycles. The van der Waals surface area contributed by atoms with Crippen LogP contribution in [0.4, 0.5) is 0 Å². The molecule has 4 nitrogen and oxygen atoms in total. The molecule has 3 unspecified atom stereocenters. The zero-order valence-electron chi connectivity index (χ0n) is 6.45. The van der Waals surface area contributed by atoms with Crippen LogP contribution >= 0.6 is 0 Å². The summed E-state index contributed by atoms with van der Waals surface area (Å²) in [5.74, 6) is 0. The fraction of sp³-hybridized carbons (Fsp3) is 1.00. The Hall–Kier alpha value is -0.160. The van der Waals surface area contributed by atoms with E-state index in [1.807, 2.05) is 0 Å². The highest BCUT2D eigenvalue weighted by Gasteiger charge is 2.34. The highest BCUT2D eigenvalue weighted by atomic mass is 16.6. The minimum atomic E-state index is 0.108. The van der Waals surface area contributed by atoms with Gasteiger partial charge in [0.25, 0.3) is 0 Å². The average molecular weight is 158 g/mol. The molecule has 0 amide bonds. The van der Waals surface area contributed by atoms with Gasteiger partial charge in [0.2, 0.25) is 0 Å². The van der Waals surface area contributed by atoms with Gasteiger partial charge < -0.3 is 20.5 Å². The SMILES string of the molecule is NCC1COC2CNCC2O1. The van der Waals surface area contributed by atoms with Crippen molar-refractivity contribution in [3.63, 3.8) is 0 Å². The third kappa shape index (κ3) is 1.39. The standard InChI is InChI=1S/C7H14N2O2/c8-1-5-4-10-6-2-9-3-7(6)11-5/h5-7,9H,1-4,8H2. The molecule has 11 heavy (non-hydrogen) atoms. The molecule has 0 saturated carbocycles. The van der Waals surface area contributed by atoms with Gasteiger partial charge in [-0.2, -0.15) is 0 Å². The second-order valence-corrected chi connectivity index (χ2v) is 3.06. The van der Waals surface area contributed by atoms with Gasteiger partial charge in [-0.15, -0.1) is 0 Å². The van der Waals surface area contributed by atoms with Crippen molar-refractivity contribution in [2.45, 2.75) is 18.3 Å². The van der Waals surface area contributed by atoms with Gasteiger partial charge in [-0.25, -0.2) is 0 Å². The normalized spacial score (nSPS) is 43.9. The molecule has 0 bridgehead atoms. The molecule has 0 aromatic heterocycles. The van der Waals surface area contributed by atoms with E-state index < -0.39 is 0 Å². The maximum absolute atomic E-state index is 5.65. The first-order chi connectivity index (χ1) is 5.40. The van der Waals surface area contributed by atoms with Crippen molar-refractivity contribution >= 4 is 0 Å². The van der Waals surface area contributed by atoms with Crippen molar-refractivity contribution in [3.8, 4) is 0 Å². The minimum absolute atomic E-state index is 0.108. The van der Waals surface area contributed by atoms with E-state index in [0.29, 0.717) is 13.2 Å². The number of rotatable bonds is 1. The summed E-state index contributed by atoms with van der Waals surface area (Å²) in [6.07, 6.45) is 0.603. The van der Waals surface area contributed by atoms with Gasteiger partial charge in [0, 0.05) is 19.6 Å². The number of nitrogens with one attached hydrogen (secondary N) is 1.